The quantitative estimate of drug-likeness (QED) is 0.0562. The number of rotatable bonds is 21. The molecule has 0 radical (unpaired) electrons. The summed E-state index contributed by atoms with van der Waals surface area (Å²) in [6, 6.07) is -2.57. The molecular formula is C46H70N12O13. The van der Waals surface area contributed by atoms with Gasteiger partial charge >= 0.3 is 0 Å². The van der Waals surface area contributed by atoms with Crippen LogP contribution in [0.4, 0.5) is 0 Å². The number of amides is 12. The Hall–Kier alpha value is -7.34. The lowest BCUT2D eigenvalue weighted by molar-refractivity contribution is -0.136. The number of primary amides is 3. The highest BCUT2D eigenvalue weighted by atomic mass is 16.3. The number of hydrogen-bond donors (Lipinski definition) is 13. The van der Waals surface area contributed by atoms with E-state index in [-0.39, 0.29) is 68.2 Å². The first kappa shape index (κ1) is 58.0. The van der Waals surface area contributed by atoms with Crippen molar-refractivity contribution >= 4 is 70.9 Å². The van der Waals surface area contributed by atoms with Gasteiger partial charge in [0.2, 0.25) is 70.9 Å². The number of benzene rings is 1. The Labute approximate surface area is 411 Å². The number of aromatic hydroxyl groups is 1. The molecule has 9 unspecified atom stereocenters. The van der Waals surface area contributed by atoms with Crippen LogP contribution in [0.1, 0.15) is 97.5 Å². The van der Waals surface area contributed by atoms with Crippen molar-refractivity contribution in [3.05, 3.63) is 29.8 Å². The molecule has 25 nitrogen and oxygen atoms in total. The monoisotopic (exact) mass is 999 g/mol. The summed E-state index contributed by atoms with van der Waals surface area (Å²) in [4.78, 5) is 157. The fourth-order valence-electron chi connectivity index (χ4n) is 7.77. The average molecular weight is 999 g/mol. The molecule has 1 aromatic rings. The van der Waals surface area contributed by atoms with E-state index in [1.165, 1.54) is 24.3 Å². The maximum atomic E-state index is 14.0. The fourth-order valence-corrected chi connectivity index (χ4v) is 7.77. The normalized spacial score (nSPS) is 23.4. The zero-order chi connectivity index (χ0) is 52.9. The number of phenolic OH excluding ortho intramolecular Hbond substituents is 1. The third-order valence-electron chi connectivity index (χ3n) is 12.0. The Balaban J connectivity index is 1.85. The highest BCUT2D eigenvalue weighted by Gasteiger charge is 2.39. The van der Waals surface area contributed by atoms with Crippen LogP contribution in [0.3, 0.4) is 0 Å². The zero-order valence-corrected chi connectivity index (χ0v) is 40.6. The highest BCUT2D eigenvalue weighted by Crippen LogP contribution is 2.43. The molecule has 0 spiro atoms. The van der Waals surface area contributed by atoms with Crippen LogP contribution in [0.15, 0.2) is 24.3 Å². The van der Waals surface area contributed by atoms with Crippen molar-refractivity contribution in [2.24, 2.45) is 40.9 Å². The minimum absolute atomic E-state index is 0.00368. The van der Waals surface area contributed by atoms with Crippen LogP contribution < -0.4 is 65.1 Å². The van der Waals surface area contributed by atoms with E-state index in [2.05, 4.69) is 47.9 Å². The van der Waals surface area contributed by atoms with Crippen LogP contribution in [0.5, 0.6) is 5.75 Å². The van der Waals surface area contributed by atoms with Gasteiger partial charge in [0.15, 0.2) is 0 Å². The predicted octanol–water partition coefficient (Wildman–Crippen LogP) is -3.88. The molecule has 1 aromatic carbocycles. The Morgan fingerprint density at radius 3 is 1.99 bits per heavy atom. The third-order valence-corrected chi connectivity index (χ3v) is 12.0. The number of nitrogens with one attached hydrogen (secondary N) is 9. The fraction of sp³-hybridized carbons (Fsp3) is 0.609. The summed E-state index contributed by atoms with van der Waals surface area (Å²) in [5, 5.41) is 32.6. The van der Waals surface area contributed by atoms with Gasteiger partial charge in [-0.25, -0.2) is 0 Å². The first-order valence-corrected chi connectivity index (χ1v) is 23.7. The van der Waals surface area contributed by atoms with Gasteiger partial charge in [0.1, 0.15) is 42.0 Å². The second-order valence-electron chi connectivity index (χ2n) is 18.5. The van der Waals surface area contributed by atoms with E-state index in [0.717, 1.165) is 0 Å². The van der Waals surface area contributed by atoms with E-state index in [0.29, 0.717) is 31.2 Å². The average Bonchev–Trinajstić information content (AvgIpc) is 4.04. The van der Waals surface area contributed by atoms with Crippen LogP contribution in [0, 0.1) is 23.7 Å². The molecule has 392 valence electrons. The number of nitrogens with two attached hydrogens (primary N) is 3. The lowest BCUT2D eigenvalue weighted by atomic mass is 9.96. The number of hydrogen-bond acceptors (Lipinski definition) is 13. The highest BCUT2D eigenvalue weighted by molar-refractivity contribution is 5.98. The van der Waals surface area contributed by atoms with Crippen molar-refractivity contribution in [3.8, 4) is 5.75 Å². The molecule has 25 heteroatoms. The van der Waals surface area contributed by atoms with Gasteiger partial charge in [-0.2, -0.15) is 0 Å². The summed E-state index contributed by atoms with van der Waals surface area (Å²) in [7, 11) is 0. The van der Waals surface area contributed by atoms with Crippen molar-refractivity contribution in [1.29, 1.82) is 0 Å². The standard InChI is InChI=1S/C46H70N12O13/c1-5-24(4)40-46(71)56-30(10-12-34(47)60)43(68)57-33(20-35(48)61)44(69)55-29(11-13-37(63)51-22-39(65)54-32(45(70)58-40)17-25-6-8-28(59)9-7-25)41(66)50-15-14-26-18-27(26)19-38(64)53-31(16-23(2)3)42(67)52-21-36(49)62/h6-9,23-24,26-27,29-33,40,59H,5,10-22H2,1-4H3,(H2,47,60)(H2,48,61)(H2,49,62)(H,50,66)(H,51,63)(H,52,67)(H,53,64)(H,54,65)(H,55,69)(H,56,71)(H,57,68)(H,58,70). The van der Waals surface area contributed by atoms with E-state index < -0.39 is 133 Å². The molecule has 12 amide bonds. The molecule has 1 saturated heterocycles. The Kier molecular flexibility index (Phi) is 23.2. The smallest absolute Gasteiger partial charge is 0.243 e. The van der Waals surface area contributed by atoms with E-state index in [4.69, 9.17) is 17.2 Å². The lowest BCUT2D eigenvalue weighted by Crippen LogP contribution is -2.61. The maximum absolute atomic E-state index is 14.0. The van der Waals surface area contributed by atoms with Gasteiger partial charge in [0, 0.05) is 32.2 Å². The Morgan fingerprint density at radius 1 is 0.718 bits per heavy atom. The van der Waals surface area contributed by atoms with E-state index >= 15 is 0 Å². The SMILES string of the molecule is CCC(C)C1NC(=O)C(Cc2ccc(O)cc2)NC(=O)CNC(=O)CCC(C(=O)NCCC2CC2CC(=O)NC(CC(C)C)C(=O)NCC(N)=O)NC(=O)C(CC(N)=O)NC(=O)C(CCC(N)=O)NC1=O. The van der Waals surface area contributed by atoms with Gasteiger partial charge in [-0.3, -0.25) is 57.5 Å². The molecule has 1 aliphatic carbocycles. The minimum atomic E-state index is -1.75. The molecule has 2 aliphatic rings. The molecule has 16 N–H and O–H groups in total. The molecule has 1 saturated carbocycles. The molecule has 0 bridgehead atoms. The molecule has 9 atom stereocenters. The second kappa shape index (κ2) is 28.4. The van der Waals surface area contributed by atoms with Crippen LogP contribution in [0.2, 0.25) is 0 Å². The summed E-state index contributed by atoms with van der Waals surface area (Å²) in [5.74, 6) is -10.4. The molecule has 2 fully saturated rings. The Bertz CT molecular complexity index is 2120. The van der Waals surface area contributed by atoms with E-state index in [1.54, 1.807) is 13.8 Å². The second-order valence-corrected chi connectivity index (χ2v) is 18.5. The van der Waals surface area contributed by atoms with Crippen LogP contribution >= 0.6 is 0 Å². The molecule has 3 rings (SSSR count). The number of carbonyl (C=O) groups is 12. The Morgan fingerprint density at radius 2 is 1.37 bits per heavy atom. The summed E-state index contributed by atoms with van der Waals surface area (Å²) in [6.07, 6.45) is -0.764. The van der Waals surface area contributed by atoms with Crippen molar-refractivity contribution in [1.82, 2.24) is 47.9 Å². The van der Waals surface area contributed by atoms with Crippen LogP contribution in [-0.2, 0) is 64.0 Å². The molecule has 1 heterocycles. The zero-order valence-electron chi connectivity index (χ0n) is 40.6. The summed E-state index contributed by atoms with van der Waals surface area (Å²) >= 11 is 0. The van der Waals surface area contributed by atoms with Gasteiger partial charge in [-0.1, -0.05) is 46.2 Å². The van der Waals surface area contributed by atoms with E-state index in [1.807, 2.05) is 13.8 Å². The number of phenols is 1. The van der Waals surface area contributed by atoms with E-state index in [9.17, 15) is 62.6 Å². The molecular weight excluding hydrogens is 929 g/mol. The minimum Gasteiger partial charge on any atom is -0.508 e. The predicted molar refractivity (Wildman–Crippen MR) is 253 cm³/mol. The lowest BCUT2D eigenvalue weighted by Gasteiger charge is -2.29. The van der Waals surface area contributed by atoms with Gasteiger partial charge in [0.05, 0.1) is 19.5 Å². The van der Waals surface area contributed by atoms with Gasteiger partial charge in [0.25, 0.3) is 0 Å². The van der Waals surface area contributed by atoms with Crippen LogP contribution in [0.25, 0.3) is 0 Å². The van der Waals surface area contributed by atoms with Crippen molar-refractivity contribution in [2.45, 2.75) is 135 Å². The first-order chi connectivity index (χ1) is 33.4. The van der Waals surface area contributed by atoms with Crippen LogP contribution in [-0.4, -0.2) is 132 Å². The summed E-state index contributed by atoms with van der Waals surface area (Å²) in [6.45, 7) is 6.16. The third kappa shape index (κ3) is 21.0. The van der Waals surface area contributed by atoms with Crippen molar-refractivity contribution < 1.29 is 62.6 Å². The van der Waals surface area contributed by atoms with Gasteiger partial charge in [-0.05, 0) is 73.5 Å². The summed E-state index contributed by atoms with van der Waals surface area (Å²) < 4.78 is 0. The molecule has 71 heavy (non-hydrogen) atoms. The summed E-state index contributed by atoms with van der Waals surface area (Å²) in [5.41, 5.74) is 16.5. The largest absolute Gasteiger partial charge is 0.508 e. The first-order valence-electron chi connectivity index (χ1n) is 23.7. The van der Waals surface area contributed by atoms with Gasteiger partial charge < -0.3 is 70.2 Å². The molecule has 1 aliphatic heterocycles. The topological polar surface area (TPSA) is 411 Å². The number of carbonyl (C=O) groups excluding carboxylic acids is 12. The van der Waals surface area contributed by atoms with Crippen molar-refractivity contribution in [2.75, 3.05) is 19.6 Å². The van der Waals surface area contributed by atoms with Crippen molar-refractivity contribution in [3.63, 3.8) is 0 Å². The molecule has 0 aromatic heterocycles. The van der Waals surface area contributed by atoms with Gasteiger partial charge in [-0.15, -0.1) is 0 Å². The maximum Gasteiger partial charge on any atom is 0.243 e.